The zero-order valence-electron chi connectivity index (χ0n) is 13.2. The Morgan fingerprint density at radius 3 is 2.96 bits per heavy atom. The minimum absolute atomic E-state index is 0.0207. The van der Waals surface area contributed by atoms with Crippen LogP contribution >= 0.6 is 0 Å². The van der Waals surface area contributed by atoms with E-state index in [-0.39, 0.29) is 18.1 Å². The number of aromatic nitrogens is 4. The highest BCUT2D eigenvalue weighted by Gasteiger charge is 2.44. The Labute approximate surface area is 133 Å². The summed E-state index contributed by atoms with van der Waals surface area (Å²) in [4.78, 5) is 18.5. The van der Waals surface area contributed by atoms with Crippen LogP contribution < -0.4 is 0 Å². The van der Waals surface area contributed by atoms with Crippen molar-refractivity contribution in [3.05, 3.63) is 29.7 Å². The molecule has 0 unspecified atom stereocenters. The van der Waals surface area contributed by atoms with Gasteiger partial charge in [0.15, 0.2) is 5.82 Å². The molecule has 0 aliphatic carbocycles. The maximum atomic E-state index is 12.4. The van der Waals surface area contributed by atoms with Gasteiger partial charge in [0.05, 0.1) is 18.6 Å². The fourth-order valence-corrected chi connectivity index (χ4v) is 3.47. The molecule has 2 aromatic heterocycles. The number of hydrogen-bond acceptors (Lipinski definition) is 6. The molecule has 0 saturated carbocycles. The largest absolute Gasteiger partial charge is 0.372 e. The second kappa shape index (κ2) is 5.45. The molecule has 0 N–H and O–H groups in total. The molecule has 0 spiro atoms. The predicted octanol–water partition coefficient (Wildman–Crippen LogP) is 0.584. The van der Waals surface area contributed by atoms with Crippen LogP contribution in [0.25, 0.3) is 0 Å². The average Bonchev–Trinajstić information content (AvgIpc) is 3.23. The molecule has 0 aromatic carbocycles. The van der Waals surface area contributed by atoms with E-state index in [1.54, 1.807) is 23.9 Å². The first-order chi connectivity index (χ1) is 11.1. The summed E-state index contributed by atoms with van der Waals surface area (Å²) in [6.45, 7) is 3.15. The summed E-state index contributed by atoms with van der Waals surface area (Å²) in [5.74, 6) is 1.61. The molecule has 3 atom stereocenters. The summed E-state index contributed by atoms with van der Waals surface area (Å²) in [5, 5.41) is 7.98. The molecule has 122 valence electrons. The van der Waals surface area contributed by atoms with Crippen LogP contribution in [0, 0.1) is 12.8 Å². The summed E-state index contributed by atoms with van der Waals surface area (Å²) in [6, 6.07) is 1.75. The Kier molecular flexibility index (Phi) is 3.41. The Bertz CT molecular complexity index is 710. The number of carbonyl (C=O) groups is 1. The number of amides is 1. The molecular formula is C15H19N5O3. The molecule has 8 nitrogen and oxygen atoms in total. The lowest BCUT2D eigenvalue weighted by atomic mass is 10.0. The van der Waals surface area contributed by atoms with Crippen molar-refractivity contribution in [2.45, 2.75) is 32.0 Å². The van der Waals surface area contributed by atoms with E-state index in [1.807, 2.05) is 11.9 Å². The molecule has 4 rings (SSSR count). The van der Waals surface area contributed by atoms with E-state index in [1.165, 1.54) is 0 Å². The van der Waals surface area contributed by atoms with E-state index in [2.05, 4.69) is 15.2 Å². The van der Waals surface area contributed by atoms with Crippen LogP contribution in [0.1, 0.15) is 28.6 Å². The van der Waals surface area contributed by atoms with Crippen LogP contribution in [0.2, 0.25) is 0 Å². The normalized spacial score (nSPS) is 26.7. The highest BCUT2D eigenvalue weighted by Crippen LogP contribution is 2.34. The monoisotopic (exact) mass is 317 g/mol. The Morgan fingerprint density at radius 1 is 1.43 bits per heavy atom. The van der Waals surface area contributed by atoms with Crippen molar-refractivity contribution in [2.24, 2.45) is 13.0 Å². The third-order valence-corrected chi connectivity index (χ3v) is 4.51. The minimum Gasteiger partial charge on any atom is -0.372 e. The molecule has 2 aromatic rings. The van der Waals surface area contributed by atoms with Crippen molar-refractivity contribution in [3.63, 3.8) is 0 Å². The van der Waals surface area contributed by atoms with Gasteiger partial charge in [-0.3, -0.25) is 9.48 Å². The number of likely N-dealkylation sites (tertiary alicyclic amines) is 1. The Morgan fingerprint density at radius 2 is 2.30 bits per heavy atom. The summed E-state index contributed by atoms with van der Waals surface area (Å²) in [7, 11) is 1.81. The molecule has 4 heterocycles. The van der Waals surface area contributed by atoms with E-state index in [4.69, 9.17) is 9.26 Å². The number of ether oxygens (including phenoxy) is 1. The number of carbonyl (C=O) groups excluding carboxylic acids is 1. The van der Waals surface area contributed by atoms with Crippen molar-refractivity contribution < 1.29 is 14.1 Å². The fourth-order valence-electron chi connectivity index (χ4n) is 3.47. The third kappa shape index (κ3) is 2.74. The van der Waals surface area contributed by atoms with Crippen LogP contribution in [0.3, 0.4) is 0 Å². The molecular weight excluding hydrogens is 298 g/mol. The molecule has 0 radical (unpaired) electrons. The topological polar surface area (TPSA) is 86.3 Å². The lowest BCUT2D eigenvalue weighted by Gasteiger charge is -2.18. The molecule has 2 aliphatic rings. The third-order valence-electron chi connectivity index (χ3n) is 4.51. The van der Waals surface area contributed by atoms with E-state index in [0.717, 1.165) is 13.0 Å². The van der Waals surface area contributed by atoms with Crippen LogP contribution in [0.15, 0.2) is 16.8 Å². The second-order valence-corrected chi connectivity index (χ2v) is 6.32. The van der Waals surface area contributed by atoms with E-state index in [9.17, 15) is 4.79 Å². The first-order valence-corrected chi connectivity index (χ1v) is 7.82. The van der Waals surface area contributed by atoms with Gasteiger partial charge in [-0.05, 0) is 19.4 Å². The number of aryl methyl sites for hydroxylation is 2. The molecule has 0 bridgehead atoms. The Balaban J connectivity index is 1.35. The van der Waals surface area contributed by atoms with Crippen molar-refractivity contribution in [3.8, 4) is 0 Å². The van der Waals surface area contributed by atoms with Gasteiger partial charge in [0.2, 0.25) is 5.89 Å². The average molecular weight is 317 g/mol. The molecule has 23 heavy (non-hydrogen) atoms. The number of rotatable bonds is 3. The lowest BCUT2D eigenvalue weighted by Crippen LogP contribution is -2.32. The predicted molar refractivity (Wildman–Crippen MR) is 78.6 cm³/mol. The number of fused-ring (bicyclic) bond motifs is 1. The quantitative estimate of drug-likeness (QED) is 0.823. The van der Waals surface area contributed by atoms with Crippen molar-refractivity contribution in [1.29, 1.82) is 0 Å². The number of hydrogen-bond donors (Lipinski definition) is 0. The molecule has 8 heteroatoms. The van der Waals surface area contributed by atoms with Gasteiger partial charge in [-0.1, -0.05) is 5.16 Å². The first kappa shape index (κ1) is 14.4. The van der Waals surface area contributed by atoms with Gasteiger partial charge in [-0.15, -0.1) is 0 Å². The lowest BCUT2D eigenvalue weighted by molar-refractivity contribution is 0.0329. The van der Waals surface area contributed by atoms with E-state index in [0.29, 0.717) is 36.3 Å². The summed E-state index contributed by atoms with van der Waals surface area (Å²) >= 11 is 0. The highest BCUT2D eigenvalue weighted by molar-refractivity contribution is 5.92. The molecule has 2 aliphatic heterocycles. The zero-order chi connectivity index (χ0) is 16.0. The fraction of sp³-hybridized carbons (Fsp3) is 0.600. The smallest absolute Gasteiger partial charge is 0.274 e. The van der Waals surface area contributed by atoms with Gasteiger partial charge in [0, 0.05) is 32.3 Å². The molecule has 2 fully saturated rings. The first-order valence-electron chi connectivity index (χ1n) is 7.82. The zero-order valence-corrected chi connectivity index (χ0v) is 13.2. The van der Waals surface area contributed by atoms with Gasteiger partial charge in [0.1, 0.15) is 5.69 Å². The molecule has 1 amide bonds. The van der Waals surface area contributed by atoms with Crippen molar-refractivity contribution >= 4 is 5.91 Å². The standard InChI is InChI=1S/C15H19N5O3/c1-9-16-14(23-18-9)6-11-5-10-7-20(8-13(10)22-11)15(21)12-3-4-19(2)17-12/h3-4,10-11,13H,5-8H2,1-2H3/t10-,11-,13+/m0/s1. The Hall–Kier alpha value is -2.22. The van der Waals surface area contributed by atoms with Crippen molar-refractivity contribution in [1.82, 2.24) is 24.8 Å². The van der Waals surface area contributed by atoms with Crippen LogP contribution in [0.5, 0.6) is 0 Å². The summed E-state index contributed by atoms with van der Waals surface area (Å²) in [5.41, 5.74) is 0.491. The highest BCUT2D eigenvalue weighted by atomic mass is 16.5. The van der Waals surface area contributed by atoms with Crippen LogP contribution in [0.4, 0.5) is 0 Å². The molecule has 2 saturated heterocycles. The van der Waals surface area contributed by atoms with E-state index >= 15 is 0 Å². The van der Waals surface area contributed by atoms with Crippen LogP contribution in [-0.4, -0.2) is 56.0 Å². The SMILES string of the molecule is Cc1noc(C[C@@H]2C[C@H]3CN(C(=O)c4ccn(C)n4)C[C@H]3O2)n1. The summed E-state index contributed by atoms with van der Waals surface area (Å²) in [6.07, 6.45) is 3.53. The van der Waals surface area contributed by atoms with Gasteiger partial charge >= 0.3 is 0 Å². The van der Waals surface area contributed by atoms with Gasteiger partial charge in [-0.25, -0.2) is 0 Å². The van der Waals surface area contributed by atoms with Crippen molar-refractivity contribution in [2.75, 3.05) is 13.1 Å². The van der Waals surface area contributed by atoms with E-state index < -0.39 is 0 Å². The summed E-state index contributed by atoms with van der Waals surface area (Å²) < 4.78 is 12.9. The maximum Gasteiger partial charge on any atom is 0.274 e. The second-order valence-electron chi connectivity index (χ2n) is 6.32. The maximum absolute atomic E-state index is 12.4. The number of nitrogens with zero attached hydrogens (tertiary/aromatic N) is 5. The van der Waals surface area contributed by atoms with Crippen LogP contribution in [-0.2, 0) is 18.2 Å². The van der Waals surface area contributed by atoms with Gasteiger partial charge < -0.3 is 14.2 Å². The van der Waals surface area contributed by atoms with Gasteiger partial charge in [0.25, 0.3) is 5.91 Å². The van der Waals surface area contributed by atoms with Gasteiger partial charge in [-0.2, -0.15) is 10.1 Å². The minimum atomic E-state index is -0.0207.